The Morgan fingerprint density at radius 1 is 1.28 bits per heavy atom. The number of rotatable bonds is 5. The third-order valence-electron chi connectivity index (χ3n) is 2.76. The van der Waals surface area contributed by atoms with Gasteiger partial charge in [0.15, 0.2) is 11.5 Å². The number of aliphatic hydroxyl groups is 1. The van der Waals surface area contributed by atoms with Crippen molar-refractivity contribution < 1.29 is 19.4 Å². The number of methoxy groups -OCH3 is 2. The van der Waals surface area contributed by atoms with Crippen LogP contribution in [0.4, 0.5) is 5.69 Å². The lowest BCUT2D eigenvalue weighted by atomic mass is 10.1. The van der Waals surface area contributed by atoms with Crippen LogP contribution in [0.1, 0.15) is 12.0 Å². The fraction of sp³-hybridized carbons (Fsp3) is 0.462. The van der Waals surface area contributed by atoms with E-state index in [0.717, 1.165) is 11.3 Å². The first-order valence-corrected chi connectivity index (χ1v) is 5.65. The van der Waals surface area contributed by atoms with Gasteiger partial charge in [0.25, 0.3) is 0 Å². The topological polar surface area (TPSA) is 59.0 Å². The van der Waals surface area contributed by atoms with Gasteiger partial charge in [-0.25, -0.2) is 0 Å². The summed E-state index contributed by atoms with van der Waals surface area (Å²) in [4.78, 5) is 13.3. The minimum Gasteiger partial charge on any atom is -0.493 e. The van der Waals surface area contributed by atoms with Crippen LogP contribution in [0.2, 0.25) is 0 Å². The molecule has 1 aromatic rings. The van der Waals surface area contributed by atoms with Crippen LogP contribution in [0, 0.1) is 6.92 Å². The van der Waals surface area contributed by atoms with E-state index in [0.29, 0.717) is 11.5 Å². The van der Waals surface area contributed by atoms with Gasteiger partial charge in [-0.1, -0.05) is 0 Å². The highest BCUT2D eigenvalue weighted by atomic mass is 16.5. The summed E-state index contributed by atoms with van der Waals surface area (Å²) in [6, 6.07) is 3.57. The van der Waals surface area contributed by atoms with Crippen LogP contribution in [0.25, 0.3) is 0 Å². The van der Waals surface area contributed by atoms with Gasteiger partial charge >= 0.3 is 0 Å². The molecule has 0 heterocycles. The minimum absolute atomic E-state index is 0.101. The molecule has 0 atom stereocenters. The van der Waals surface area contributed by atoms with Crippen LogP contribution < -0.4 is 14.4 Å². The van der Waals surface area contributed by atoms with E-state index in [1.54, 1.807) is 27.3 Å². The summed E-state index contributed by atoms with van der Waals surface area (Å²) in [7, 11) is 4.79. The van der Waals surface area contributed by atoms with E-state index in [2.05, 4.69) is 0 Å². The van der Waals surface area contributed by atoms with Crippen LogP contribution in [0.3, 0.4) is 0 Å². The molecule has 0 fully saturated rings. The molecule has 5 nitrogen and oxygen atoms in total. The molecular weight excluding hydrogens is 234 g/mol. The highest BCUT2D eigenvalue weighted by Crippen LogP contribution is 2.34. The smallest absolute Gasteiger partial charge is 0.229 e. The molecule has 1 N–H and O–H groups in total. The van der Waals surface area contributed by atoms with E-state index in [-0.39, 0.29) is 18.9 Å². The predicted octanol–water partition coefficient (Wildman–Crippen LogP) is 1.36. The first kappa shape index (κ1) is 14.3. The van der Waals surface area contributed by atoms with Crippen molar-refractivity contribution in [2.45, 2.75) is 13.3 Å². The molecule has 0 aliphatic rings. The third-order valence-corrected chi connectivity index (χ3v) is 2.76. The number of carbonyl (C=O) groups is 1. The molecule has 0 bridgehead atoms. The van der Waals surface area contributed by atoms with Crippen molar-refractivity contribution in [3.8, 4) is 11.5 Å². The highest BCUT2D eigenvalue weighted by molar-refractivity contribution is 5.94. The lowest BCUT2D eigenvalue weighted by Gasteiger charge is -2.21. The SMILES string of the molecule is COc1cc(C)c(N(C)C(=O)CCO)cc1OC. The molecule has 0 unspecified atom stereocenters. The molecule has 0 saturated carbocycles. The number of benzene rings is 1. The van der Waals surface area contributed by atoms with E-state index >= 15 is 0 Å². The lowest BCUT2D eigenvalue weighted by molar-refractivity contribution is -0.118. The second-order valence-corrected chi connectivity index (χ2v) is 3.92. The monoisotopic (exact) mass is 253 g/mol. The van der Waals surface area contributed by atoms with Gasteiger partial charge < -0.3 is 19.5 Å². The Morgan fingerprint density at radius 3 is 2.33 bits per heavy atom. The average molecular weight is 253 g/mol. The summed E-state index contributed by atoms with van der Waals surface area (Å²) in [6.07, 6.45) is 0.101. The Balaban J connectivity index is 3.12. The predicted molar refractivity (Wildman–Crippen MR) is 69.4 cm³/mol. The Hall–Kier alpha value is -1.75. The number of anilines is 1. The van der Waals surface area contributed by atoms with Crippen molar-refractivity contribution in [3.63, 3.8) is 0 Å². The van der Waals surface area contributed by atoms with Gasteiger partial charge in [-0.3, -0.25) is 4.79 Å². The maximum atomic E-state index is 11.7. The second kappa shape index (κ2) is 6.26. The summed E-state index contributed by atoms with van der Waals surface area (Å²) < 4.78 is 10.4. The van der Waals surface area contributed by atoms with Crippen molar-refractivity contribution in [1.29, 1.82) is 0 Å². The summed E-state index contributed by atoms with van der Waals surface area (Å²) >= 11 is 0. The fourth-order valence-corrected chi connectivity index (χ4v) is 1.73. The number of aryl methyl sites for hydroxylation is 1. The summed E-state index contributed by atoms with van der Waals surface area (Å²) in [6.45, 7) is 1.73. The normalized spacial score (nSPS) is 10.1. The van der Waals surface area contributed by atoms with E-state index in [1.165, 1.54) is 4.90 Å². The van der Waals surface area contributed by atoms with Crippen LogP contribution in [0.5, 0.6) is 11.5 Å². The highest BCUT2D eigenvalue weighted by Gasteiger charge is 2.16. The van der Waals surface area contributed by atoms with Crippen molar-refractivity contribution in [2.75, 3.05) is 32.8 Å². The zero-order valence-electron chi connectivity index (χ0n) is 11.2. The zero-order valence-corrected chi connectivity index (χ0v) is 11.2. The lowest BCUT2D eigenvalue weighted by Crippen LogP contribution is -2.27. The Kier molecular flexibility index (Phi) is 4.97. The number of ether oxygens (including phenoxy) is 2. The van der Waals surface area contributed by atoms with Crippen LogP contribution >= 0.6 is 0 Å². The number of aliphatic hydroxyl groups excluding tert-OH is 1. The molecule has 1 amide bonds. The van der Waals surface area contributed by atoms with E-state index < -0.39 is 0 Å². The van der Waals surface area contributed by atoms with Gasteiger partial charge in [0, 0.05) is 13.1 Å². The number of hydrogen-bond acceptors (Lipinski definition) is 4. The van der Waals surface area contributed by atoms with E-state index in [4.69, 9.17) is 14.6 Å². The molecule has 0 aliphatic carbocycles. The maximum Gasteiger partial charge on any atom is 0.229 e. The first-order valence-electron chi connectivity index (χ1n) is 5.65. The molecular formula is C13H19NO4. The quantitative estimate of drug-likeness (QED) is 0.860. The van der Waals surface area contributed by atoms with Crippen LogP contribution in [-0.4, -0.2) is 38.9 Å². The maximum absolute atomic E-state index is 11.7. The zero-order chi connectivity index (χ0) is 13.7. The molecule has 18 heavy (non-hydrogen) atoms. The summed E-state index contributed by atoms with van der Waals surface area (Å²) in [5.74, 6) is 1.05. The van der Waals surface area contributed by atoms with Crippen LogP contribution in [-0.2, 0) is 4.79 Å². The summed E-state index contributed by atoms with van der Waals surface area (Å²) in [5, 5.41) is 8.79. The molecule has 100 valence electrons. The van der Waals surface area contributed by atoms with Gasteiger partial charge in [-0.05, 0) is 18.6 Å². The first-order chi connectivity index (χ1) is 8.54. The van der Waals surface area contributed by atoms with Gasteiger partial charge in [0.1, 0.15) is 0 Å². The molecule has 0 aliphatic heterocycles. The largest absolute Gasteiger partial charge is 0.493 e. The van der Waals surface area contributed by atoms with E-state index in [1.807, 2.05) is 13.0 Å². The number of amides is 1. The molecule has 0 saturated heterocycles. The minimum atomic E-state index is -0.157. The number of carbonyl (C=O) groups excluding carboxylic acids is 1. The van der Waals surface area contributed by atoms with Crippen molar-refractivity contribution in [3.05, 3.63) is 17.7 Å². The van der Waals surface area contributed by atoms with Crippen molar-refractivity contribution >= 4 is 11.6 Å². The molecule has 1 rings (SSSR count). The standard InChI is InChI=1S/C13H19NO4/c1-9-7-11(17-3)12(18-4)8-10(9)14(2)13(16)5-6-15/h7-8,15H,5-6H2,1-4H3. The molecule has 1 aromatic carbocycles. The Bertz CT molecular complexity index is 431. The fourth-order valence-electron chi connectivity index (χ4n) is 1.73. The summed E-state index contributed by atoms with van der Waals surface area (Å²) in [5.41, 5.74) is 1.65. The van der Waals surface area contributed by atoms with Crippen molar-refractivity contribution in [1.82, 2.24) is 0 Å². The van der Waals surface area contributed by atoms with Crippen LogP contribution in [0.15, 0.2) is 12.1 Å². The average Bonchev–Trinajstić information content (AvgIpc) is 2.37. The molecule has 0 radical (unpaired) electrons. The number of nitrogens with zero attached hydrogens (tertiary/aromatic N) is 1. The Labute approximate surface area is 107 Å². The molecule has 0 aromatic heterocycles. The van der Waals surface area contributed by atoms with Gasteiger partial charge in [-0.15, -0.1) is 0 Å². The van der Waals surface area contributed by atoms with Gasteiger partial charge in [0.05, 0.1) is 32.9 Å². The Morgan fingerprint density at radius 2 is 1.83 bits per heavy atom. The number of hydrogen-bond donors (Lipinski definition) is 1. The van der Waals surface area contributed by atoms with Crippen molar-refractivity contribution in [2.24, 2.45) is 0 Å². The van der Waals surface area contributed by atoms with Gasteiger partial charge in [0.2, 0.25) is 5.91 Å². The molecule has 5 heteroatoms. The second-order valence-electron chi connectivity index (χ2n) is 3.92. The third kappa shape index (κ3) is 2.92. The van der Waals surface area contributed by atoms with Gasteiger partial charge in [-0.2, -0.15) is 0 Å². The van der Waals surface area contributed by atoms with E-state index in [9.17, 15) is 4.79 Å². The molecule has 0 spiro atoms.